The number of piperazine rings is 1. The highest BCUT2D eigenvalue weighted by atomic mass is 16.5. The Balaban J connectivity index is 1.42. The van der Waals surface area contributed by atoms with Crippen LogP contribution >= 0.6 is 0 Å². The molecule has 0 unspecified atom stereocenters. The van der Waals surface area contributed by atoms with E-state index in [1.807, 2.05) is 17.0 Å². The number of nitrogens with zero attached hydrogens (tertiary/aromatic N) is 2. The molecule has 1 aliphatic rings. The molecule has 6 nitrogen and oxygen atoms in total. The van der Waals surface area contributed by atoms with Crippen molar-refractivity contribution in [3.8, 4) is 5.75 Å². The second-order valence-electron chi connectivity index (χ2n) is 8.95. The highest BCUT2D eigenvalue weighted by molar-refractivity contribution is 5.94. The summed E-state index contributed by atoms with van der Waals surface area (Å²) in [7, 11) is 1.60. The molecule has 2 aromatic carbocycles. The third-order valence-corrected chi connectivity index (χ3v) is 5.72. The van der Waals surface area contributed by atoms with Crippen molar-refractivity contribution in [1.82, 2.24) is 15.1 Å². The van der Waals surface area contributed by atoms with E-state index in [0.717, 1.165) is 30.9 Å². The fourth-order valence-corrected chi connectivity index (χ4v) is 3.64. The average molecular weight is 424 g/mol. The van der Waals surface area contributed by atoms with Gasteiger partial charge >= 0.3 is 0 Å². The van der Waals surface area contributed by atoms with E-state index in [0.29, 0.717) is 25.2 Å². The highest BCUT2D eigenvalue weighted by Gasteiger charge is 2.22. The molecular weight excluding hydrogens is 390 g/mol. The molecule has 0 bridgehead atoms. The van der Waals surface area contributed by atoms with Crippen LogP contribution in [0.2, 0.25) is 0 Å². The maximum absolute atomic E-state index is 12.8. The van der Waals surface area contributed by atoms with Crippen LogP contribution in [0.5, 0.6) is 5.75 Å². The number of amides is 2. The molecule has 6 heteroatoms. The van der Waals surface area contributed by atoms with Crippen molar-refractivity contribution in [2.45, 2.75) is 26.2 Å². The van der Waals surface area contributed by atoms with Crippen molar-refractivity contribution in [2.75, 3.05) is 46.4 Å². The standard InChI is InChI=1S/C25H33N3O3/c1-25(2,3)21-9-5-20(6-10-21)24(30)28-17-15-27(16-18-28)14-13-26-23(29)19-7-11-22(31-4)12-8-19/h5-12H,13-18H2,1-4H3,(H,26,29). The second kappa shape index (κ2) is 9.96. The summed E-state index contributed by atoms with van der Waals surface area (Å²) in [5.74, 6) is 0.734. The number of hydrogen-bond acceptors (Lipinski definition) is 4. The number of rotatable bonds is 6. The summed E-state index contributed by atoms with van der Waals surface area (Å²) < 4.78 is 5.12. The molecule has 1 heterocycles. The van der Waals surface area contributed by atoms with Crippen LogP contribution < -0.4 is 10.1 Å². The van der Waals surface area contributed by atoms with Crippen LogP contribution in [0, 0.1) is 0 Å². The fourth-order valence-electron chi connectivity index (χ4n) is 3.64. The van der Waals surface area contributed by atoms with Gasteiger partial charge in [0.15, 0.2) is 0 Å². The summed E-state index contributed by atoms with van der Waals surface area (Å²) >= 11 is 0. The lowest BCUT2D eigenvalue weighted by atomic mass is 9.86. The third-order valence-electron chi connectivity index (χ3n) is 5.72. The first-order valence-corrected chi connectivity index (χ1v) is 10.8. The van der Waals surface area contributed by atoms with Crippen LogP contribution in [0.15, 0.2) is 48.5 Å². The van der Waals surface area contributed by atoms with Gasteiger partial charge in [-0.3, -0.25) is 14.5 Å². The molecule has 1 fully saturated rings. The predicted octanol–water partition coefficient (Wildman–Crippen LogP) is 3.18. The summed E-state index contributed by atoms with van der Waals surface area (Å²) in [4.78, 5) is 29.3. The maximum atomic E-state index is 12.8. The number of methoxy groups -OCH3 is 1. The Kier molecular flexibility index (Phi) is 7.33. The summed E-state index contributed by atoms with van der Waals surface area (Å²) in [5.41, 5.74) is 2.67. The van der Waals surface area contributed by atoms with Gasteiger partial charge in [0.2, 0.25) is 0 Å². The van der Waals surface area contributed by atoms with E-state index in [-0.39, 0.29) is 17.2 Å². The lowest BCUT2D eigenvalue weighted by Crippen LogP contribution is -2.50. The molecule has 1 N–H and O–H groups in total. The molecule has 1 aliphatic heterocycles. The Hall–Kier alpha value is -2.86. The number of benzene rings is 2. The summed E-state index contributed by atoms with van der Waals surface area (Å²) in [6.07, 6.45) is 0. The van der Waals surface area contributed by atoms with Crippen LogP contribution in [0.25, 0.3) is 0 Å². The average Bonchev–Trinajstić information content (AvgIpc) is 2.78. The molecule has 0 saturated carbocycles. The topological polar surface area (TPSA) is 61.9 Å². The van der Waals surface area contributed by atoms with Crippen LogP contribution in [0.4, 0.5) is 0 Å². The molecule has 3 rings (SSSR count). The first-order chi connectivity index (χ1) is 14.8. The summed E-state index contributed by atoms with van der Waals surface area (Å²) in [6, 6.07) is 15.0. The zero-order valence-corrected chi connectivity index (χ0v) is 19.0. The molecule has 166 valence electrons. The molecule has 0 aromatic heterocycles. The molecule has 31 heavy (non-hydrogen) atoms. The van der Waals surface area contributed by atoms with Gasteiger partial charge in [0.1, 0.15) is 5.75 Å². The smallest absolute Gasteiger partial charge is 0.253 e. The largest absolute Gasteiger partial charge is 0.497 e. The minimum Gasteiger partial charge on any atom is -0.497 e. The summed E-state index contributed by atoms with van der Waals surface area (Å²) in [6.45, 7) is 10.9. The van der Waals surface area contributed by atoms with E-state index in [4.69, 9.17) is 4.74 Å². The Morgan fingerprint density at radius 1 is 0.903 bits per heavy atom. The maximum Gasteiger partial charge on any atom is 0.253 e. The van der Waals surface area contributed by atoms with Gasteiger partial charge in [-0.05, 0) is 47.4 Å². The van der Waals surface area contributed by atoms with Crippen molar-refractivity contribution in [3.05, 3.63) is 65.2 Å². The summed E-state index contributed by atoms with van der Waals surface area (Å²) in [5, 5.41) is 2.96. The highest BCUT2D eigenvalue weighted by Crippen LogP contribution is 2.22. The molecule has 2 aromatic rings. The van der Waals surface area contributed by atoms with E-state index >= 15 is 0 Å². The molecule has 2 amide bonds. The zero-order valence-electron chi connectivity index (χ0n) is 19.0. The predicted molar refractivity (Wildman–Crippen MR) is 123 cm³/mol. The number of nitrogens with one attached hydrogen (secondary N) is 1. The Bertz CT molecular complexity index is 878. The molecule has 0 spiro atoms. The Morgan fingerprint density at radius 2 is 1.48 bits per heavy atom. The Labute approximate surface area is 185 Å². The van der Waals surface area contributed by atoms with Gasteiger partial charge in [0.05, 0.1) is 7.11 Å². The SMILES string of the molecule is COc1ccc(C(=O)NCCN2CCN(C(=O)c3ccc(C(C)(C)C)cc3)CC2)cc1. The van der Waals surface area contributed by atoms with Gasteiger partial charge in [0, 0.05) is 50.4 Å². The monoisotopic (exact) mass is 423 g/mol. The van der Waals surface area contributed by atoms with Crippen molar-refractivity contribution >= 4 is 11.8 Å². The van der Waals surface area contributed by atoms with E-state index in [1.54, 1.807) is 31.4 Å². The number of hydrogen-bond donors (Lipinski definition) is 1. The van der Waals surface area contributed by atoms with Crippen molar-refractivity contribution in [1.29, 1.82) is 0 Å². The van der Waals surface area contributed by atoms with Crippen LogP contribution in [-0.4, -0.2) is 68.0 Å². The molecular formula is C25H33N3O3. The third kappa shape index (κ3) is 6.07. The molecule has 0 atom stereocenters. The fraction of sp³-hybridized carbons (Fsp3) is 0.440. The van der Waals surface area contributed by atoms with Crippen LogP contribution in [0.1, 0.15) is 47.1 Å². The second-order valence-corrected chi connectivity index (χ2v) is 8.95. The quantitative estimate of drug-likeness (QED) is 0.775. The normalized spacial score (nSPS) is 14.9. The number of carbonyl (C=O) groups excluding carboxylic acids is 2. The van der Waals surface area contributed by atoms with Crippen molar-refractivity contribution in [3.63, 3.8) is 0 Å². The van der Waals surface area contributed by atoms with Crippen LogP contribution in [0.3, 0.4) is 0 Å². The van der Waals surface area contributed by atoms with E-state index in [1.165, 1.54) is 5.56 Å². The first-order valence-electron chi connectivity index (χ1n) is 10.8. The van der Waals surface area contributed by atoms with Gasteiger partial charge in [-0.1, -0.05) is 32.9 Å². The van der Waals surface area contributed by atoms with Gasteiger partial charge in [0.25, 0.3) is 11.8 Å². The number of ether oxygens (including phenoxy) is 1. The minimum absolute atomic E-state index is 0.0794. The van der Waals surface area contributed by atoms with Gasteiger partial charge in [-0.15, -0.1) is 0 Å². The van der Waals surface area contributed by atoms with Crippen molar-refractivity contribution in [2.24, 2.45) is 0 Å². The first kappa shape index (κ1) is 22.8. The molecule has 1 saturated heterocycles. The van der Waals surface area contributed by atoms with Crippen molar-refractivity contribution < 1.29 is 14.3 Å². The minimum atomic E-state index is -0.0878. The van der Waals surface area contributed by atoms with E-state index in [2.05, 4.69) is 43.1 Å². The van der Waals surface area contributed by atoms with Crippen LogP contribution in [-0.2, 0) is 5.41 Å². The zero-order chi connectivity index (χ0) is 22.4. The van der Waals surface area contributed by atoms with E-state index in [9.17, 15) is 9.59 Å². The van der Waals surface area contributed by atoms with Gasteiger partial charge in [-0.2, -0.15) is 0 Å². The van der Waals surface area contributed by atoms with Gasteiger partial charge < -0.3 is 15.0 Å². The Morgan fingerprint density at radius 3 is 2.03 bits per heavy atom. The lowest BCUT2D eigenvalue weighted by molar-refractivity contribution is 0.0638. The molecule has 0 aliphatic carbocycles. The van der Waals surface area contributed by atoms with E-state index < -0.39 is 0 Å². The lowest BCUT2D eigenvalue weighted by Gasteiger charge is -2.34. The molecule has 0 radical (unpaired) electrons. The number of carbonyl (C=O) groups is 2. The van der Waals surface area contributed by atoms with Gasteiger partial charge in [-0.25, -0.2) is 0 Å².